The molecule has 0 rings (SSSR count). The first kappa shape index (κ1) is 11.2. The molecule has 0 saturated carbocycles. The molecule has 0 aromatic rings. The van der Waals surface area contributed by atoms with Gasteiger partial charge in [0.1, 0.15) is 0 Å². The second kappa shape index (κ2) is 5.80. The van der Waals surface area contributed by atoms with Gasteiger partial charge in [0.2, 0.25) is 0 Å². The van der Waals surface area contributed by atoms with E-state index in [0.29, 0.717) is 0 Å². The fourth-order valence-corrected chi connectivity index (χ4v) is 1.12. The summed E-state index contributed by atoms with van der Waals surface area (Å²) in [5.74, 6) is 0. The van der Waals surface area contributed by atoms with Crippen molar-refractivity contribution in [3.05, 3.63) is 0 Å². The van der Waals surface area contributed by atoms with Crippen LogP contribution in [0.5, 0.6) is 0 Å². The van der Waals surface area contributed by atoms with Crippen LogP contribution in [0.15, 0.2) is 0 Å². The number of rotatable bonds is 1. The van der Waals surface area contributed by atoms with Crippen LogP contribution in [-0.2, 0) is 10.9 Å². The third kappa shape index (κ3) is 6.59. The van der Waals surface area contributed by atoms with Gasteiger partial charge in [0.05, 0.1) is 0 Å². The van der Waals surface area contributed by atoms with Gasteiger partial charge in [-0.3, -0.25) is 0 Å². The van der Waals surface area contributed by atoms with Gasteiger partial charge < -0.3 is 0 Å². The van der Waals surface area contributed by atoms with Gasteiger partial charge >= 0.3 is 85.9 Å². The fraction of sp³-hybridized carbons (Fsp3) is 0.500. The van der Waals surface area contributed by atoms with Crippen molar-refractivity contribution >= 4 is 55.6 Å². The molecule has 0 N–H and O–H groups in total. The summed E-state index contributed by atoms with van der Waals surface area (Å²) in [7, 11) is 0. The summed E-state index contributed by atoms with van der Waals surface area (Å²) < 4.78 is 12.7. The van der Waals surface area contributed by atoms with Crippen LogP contribution in [0.2, 0.25) is 0 Å². The van der Waals surface area contributed by atoms with Crippen molar-refractivity contribution in [2.75, 3.05) is 9.86 Å². The van der Waals surface area contributed by atoms with Crippen LogP contribution < -0.4 is 0 Å². The van der Waals surface area contributed by atoms with E-state index in [4.69, 9.17) is 0 Å². The van der Waals surface area contributed by atoms with E-state index in [9.17, 15) is 9.59 Å². The number of carbonyl (C=O) groups excluding carboxylic acids is 2. The quantitative estimate of drug-likeness (QED) is 0.299. The van der Waals surface area contributed by atoms with Crippen molar-refractivity contribution in [1.29, 1.82) is 0 Å². The molecule has 0 amide bonds. The van der Waals surface area contributed by atoms with Crippen molar-refractivity contribution in [3.8, 4) is 0 Å². The van der Waals surface area contributed by atoms with E-state index in [0.717, 1.165) is 0 Å². The molecule has 0 aliphatic rings. The number of halogens is 2. The van der Waals surface area contributed by atoms with Gasteiger partial charge in [-0.2, -0.15) is 0 Å². The Bertz CT molecular complexity index is 157. The molecule has 0 aliphatic heterocycles. The zero-order chi connectivity index (χ0) is 8.85. The Morgan fingerprint density at radius 3 is 2.18 bits per heavy atom. The zero-order valence-corrected chi connectivity index (χ0v) is 10.1. The Morgan fingerprint density at radius 2 is 1.82 bits per heavy atom. The standard InChI is InChI=1S/C4H6I2O5/c1-6(2)11-4(8)9-3(7)10-5/h1-2H3. The minimum absolute atomic E-state index is 0.984. The molecule has 7 heteroatoms. The fourth-order valence-electron chi connectivity index (χ4n) is 0.226. The van der Waals surface area contributed by atoms with Gasteiger partial charge in [-0.1, -0.05) is 0 Å². The van der Waals surface area contributed by atoms with Crippen LogP contribution in [0, 0.1) is 0 Å². The van der Waals surface area contributed by atoms with Crippen LogP contribution in [0.4, 0.5) is 9.59 Å². The molecule has 0 saturated heterocycles. The van der Waals surface area contributed by atoms with Crippen molar-refractivity contribution in [1.82, 2.24) is 0 Å². The van der Waals surface area contributed by atoms with Gasteiger partial charge in [-0.25, -0.2) is 0 Å². The van der Waals surface area contributed by atoms with E-state index in [1.54, 1.807) is 9.86 Å². The van der Waals surface area contributed by atoms with Crippen molar-refractivity contribution in [2.24, 2.45) is 0 Å². The Labute approximate surface area is 85.4 Å². The minimum atomic E-state index is -1.63. The molecule has 0 spiro atoms. The molecule has 5 nitrogen and oxygen atoms in total. The summed E-state index contributed by atoms with van der Waals surface area (Å²) in [5.41, 5.74) is 0. The number of alkyl halides is 2. The van der Waals surface area contributed by atoms with Crippen molar-refractivity contribution in [2.45, 2.75) is 0 Å². The van der Waals surface area contributed by atoms with E-state index in [2.05, 4.69) is 10.9 Å². The Hall–Kier alpha value is 0.200. The van der Waals surface area contributed by atoms with E-state index in [1.165, 1.54) is 23.0 Å². The summed E-state index contributed by atoms with van der Waals surface area (Å²) >= 11 is -0.322. The van der Waals surface area contributed by atoms with Crippen LogP contribution in [-0.4, -0.2) is 22.2 Å². The molecule has 0 aromatic carbocycles. The van der Waals surface area contributed by atoms with Crippen LogP contribution in [0.3, 0.4) is 0 Å². The molecular formula is C4H6I2O5. The van der Waals surface area contributed by atoms with Gasteiger partial charge in [-0.05, 0) is 0 Å². The summed E-state index contributed by atoms with van der Waals surface area (Å²) in [4.78, 5) is 24.4. The summed E-state index contributed by atoms with van der Waals surface area (Å²) in [5, 5.41) is 0. The van der Waals surface area contributed by atoms with Gasteiger partial charge in [-0.15, -0.1) is 0 Å². The molecule has 0 heterocycles. The van der Waals surface area contributed by atoms with Gasteiger partial charge in [0, 0.05) is 0 Å². The average molecular weight is 388 g/mol. The SMILES string of the molecule is CI(C)OC(=O)OC(=O)OI. The summed E-state index contributed by atoms with van der Waals surface area (Å²) in [6.45, 7) is 0. The van der Waals surface area contributed by atoms with E-state index < -0.39 is 32.5 Å². The molecule has 0 aromatic heterocycles. The molecule has 66 valence electrons. The van der Waals surface area contributed by atoms with E-state index >= 15 is 0 Å². The Morgan fingerprint density at radius 1 is 1.27 bits per heavy atom. The molecule has 0 radical (unpaired) electrons. The first-order valence-corrected chi connectivity index (χ1v) is 8.37. The molecular weight excluding hydrogens is 382 g/mol. The first-order valence-electron chi connectivity index (χ1n) is 2.29. The first-order chi connectivity index (χ1) is 5.06. The number of carbonyl (C=O) groups is 2. The van der Waals surface area contributed by atoms with Crippen LogP contribution in [0.25, 0.3) is 0 Å². The second-order valence-corrected chi connectivity index (χ2v) is 6.24. The predicted octanol–water partition coefficient (Wildman–Crippen LogP) is 2.31. The number of ether oxygens (including phenoxy) is 1. The third-order valence-electron chi connectivity index (χ3n) is 0.447. The molecule has 0 bridgehead atoms. The monoisotopic (exact) mass is 388 g/mol. The molecule has 0 unspecified atom stereocenters. The normalized spacial score (nSPS) is 9.91. The topological polar surface area (TPSA) is 61.8 Å². The van der Waals surface area contributed by atoms with Crippen molar-refractivity contribution in [3.63, 3.8) is 0 Å². The molecule has 11 heavy (non-hydrogen) atoms. The molecule has 0 fully saturated rings. The van der Waals surface area contributed by atoms with E-state index in [1.807, 2.05) is 0 Å². The average Bonchev–Trinajstić information content (AvgIpc) is 1.85. The van der Waals surface area contributed by atoms with Crippen LogP contribution in [0.1, 0.15) is 0 Å². The van der Waals surface area contributed by atoms with Crippen LogP contribution >= 0.6 is 43.2 Å². The molecule has 0 atom stereocenters. The van der Waals surface area contributed by atoms with Gasteiger partial charge in [0.25, 0.3) is 0 Å². The maximum absolute atomic E-state index is 10.5. The van der Waals surface area contributed by atoms with Crippen molar-refractivity contribution < 1.29 is 20.5 Å². The summed E-state index contributed by atoms with van der Waals surface area (Å²) in [6, 6.07) is 0. The third-order valence-corrected chi connectivity index (χ3v) is 2.05. The van der Waals surface area contributed by atoms with Gasteiger partial charge in [0.15, 0.2) is 0 Å². The summed E-state index contributed by atoms with van der Waals surface area (Å²) in [6.07, 6.45) is -2.05. The maximum atomic E-state index is 10.5. The number of hydrogen-bond acceptors (Lipinski definition) is 5. The van der Waals surface area contributed by atoms with E-state index in [-0.39, 0.29) is 0 Å². The number of hydrogen-bond donors (Lipinski definition) is 0. The second-order valence-electron chi connectivity index (χ2n) is 1.44. The Balaban J connectivity index is 3.61. The zero-order valence-electron chi connectivity index (χ0n) is 5.80. The molecule has 0 aliphatic carbocycles. The predicted molar refractivity (Wildman–Crippen MR) is 53.9 cm³/mol. The Kier molecular flexibility index (Phi) is 5.91.